The van der Waals surface area contributed by atoms with Gasteiger partial charge in [-0.3, -0.25) is 9.59 Å². The Bertz CT molecular complexity index is 848. The number of esters is 1. The lowest BCUT2D eigenvalue weighted by molar-refractivity contribution is -0.140. The first-order chi connectivity index (χ1) is 14.4. The summed E-state index contributed by atoms with van der Waals surface area (Å²) < 4.78 is 9.67. The second-order valence-corrected chi connectivity index (χ2v) is 6.84. The van der Waals surface area contributed by atoms with Crippen molar-refractivity contribution < 1.29 is 23.6 Å². The zero-order valence-electron chi connectivity index (χ0n) is 17.4. The molecule has 1 aromatic heterocycles. The van der Waals surface area contributed by atoms with Gasteiger partial charge in [0.25, 0.3) is 5.91 Å². The van der Waals surface area contributed by atoms with Gasteiger partial charge in [-0.1, -0.05) is 19.0 Å². The number of nitrogens with one attached hydrogen (secondary N) is 3. The van der Waals surface area contributed by atoms with E-state index in [1.165, 1.54) is 7.11 Å². The van der Waals surface area contributed by atoms with E-state index in [1.807, 2.05) is 13.8 Å². The number of ether oxygens (including phenoxy) is 1. The molecule has 0 fully saturated rings. The molecule has 0 atom stereocenters. The molecule has 1 heterocycles. The fourth-order valence-electron chi connectivity index (χ4n) is 2.41. The summed E-state index contributed by atoms with van der Waals surface area (Å²) in [7, 11) is 1.29. The Morgan fingerprint density at radius 1 is 1.10 bits per heavy atom. The number of methoxy groups -OCH3 is 1. The summed E-state index contributed by atoms with van der Waals surface area (Å²) >= 11 is 0. The Kier molecular flexibility index (Phi) is 8.79. The van der Waals surface area contributed by atoms with Crippen LogP contribution in [0.15, 0.2) is 28.8 Å². The molecule has 0 spiro atoms. The van der Waals surface area contributed by atoms with Crippen molar-refractivity contribution >= 4 is 23.6 Å². The van der Waals surface area contributed by atoms with Gasteiger partial charge in [0, 0.05) is 36.7 Å². The minimum absolute atomic E-state index is 0.105. The van der Waals surface area contributed by atoms with Gasteiger partial charge in [0.05, 0.1) is 13.5 Å². The fourth-order valence-corrected chi connectivity index (χ4v) is 2.41. The van der Waals surface area contributed by atoms with Gasteiger partial charge in [0.15, 0.2) is 5.82 Å². The number of hydrogen-bond acceptors (Lipinski definition) is 7. The molecule has 0 saturated heterocycles. The number of rotatable bonds is 10. The normalized spacial score (nSPS) is 10.5. The Morgan fingerprint density at radius 3 is 2.47 bits per heavy atom. The highest BCUT2D eigenvalue weighted by atomic mass is 16.5. The van der Waals surface area contributed by atoms with E-state index in [-0.39, 0.29) is 30.8 Å². The second-order valence-electron chi connectivity index (χ2n) is 6.84. The number of amides is 3. The molecule has 3 amide bonds. The smallest absolute Gasteiger partial charge is 0.319 e. The third kappa shape index (κ3) is 7.53. The summed E-state index contributed by atoms with van der Waals surface area (Å²) in [5, 5.41) is 12.0. The molecule has 0 saturated carbocycles. The molecule has 10 heteroatoms. The third-order valence-electron chi connectivity index (χ3n) is 4.10. The lowest BCUT2D eigenvalue weighted by atomic mass is 10.2. The van der Waals surface area contributed by atoms with Crippen LogP contribution in [-0.4, -0.2) is 48.2 Å². The number of hydrogen-bond donors (Lipinski definition) is 3. The number of nitrogens with zero attached hydrogens (tertiary/aromatic N) is 2. The first kappa shape index (κ1) is 22.9. The Labute approximate surface area is 174 Å². The number of carbonyl (C=O) groups excluding carboxylic acids is 3. The molecule has 0 aliphatic carbocycles. The predicted octanol–water partition coefficient (Wildman–Crippen LogP) is 2.24. The number of urea groups is 1. The summed E-state index contributed by atoms with van der Waals surface area (Å²) in [6.45, 7) is 4.62. The van der Waals surface area contributed by atoms with Crippen molar-refractivity contribution in [2.45, 2.75) is 39.0 Å². The molecule has 162 valence electrons. The highest BCUT2D eigenvalue weighted by molar-refractivity contribution is 5.95. The largest absolute Gasteiger partial charge is 0.469 e. The number of aryl methyl sites for hydroxylation is 1. The van der Waals surface area contributed by atoms with Crippen molar-refractivity contribution in [2.75, 3.05) is 25.5 Å². The van der Waals surface area contributed by atoms with Crippen LogP contribution < -0.4 is 16.0 Å². The number of anilines is 1. The van der Waals surface area contributed by atoms with E-state index >= 15 is 0 Å². The van der Waals surface area contributed by atoms with Gasteiger partial charge in [-0.2, -0.15) is 4.98 Å². The van der Waals surface area contributed by atoms with E-state index in [2.05, 4.69) is 30.8 Å². The lowest BCUT2D eigenvalue weighted by Gasteiger charge is -2.08. The Balaban J connectivity index is 1.68. The van der Waals surface area contributed by atoms with Crippen molar-refractivity contribution in [1.29, 1.82) is 0 Å². The quantitative estimate of drug-likeness (QED) is 0.398. The summed E-state index contributed by atoms with van der Waals surface area (Å²) in [6.07, 6.45) is 1.35. The maximum absolute atomic E-state index is 12.0. The monoisotopic (exact) mass is 417 g/mol. The van der Waals surface area contributed by atoms with E-state index in [4.69, 9.17) is 4.52 Å². The molecule has 10 nitrogen and oxygen atoms in total. The van der Waals surface area contributed by atoms with Crippen LogP contribution in [0.5, 0.6) is 0 Å². The zero-order chi connectivity index (χ0) is 21.9. The highest BCUT2D eigenvalue weighted by Crippen LogP contribution is 2.11. The number of benzene rings is 1. The van der Waals surface area contributed by atoms with Gasteiger partial charge in [-0.15, -0.1) is 0 Å². The minimum atomic E-state index is -0.391. The molecule has 0 radical (unpaired) electrons. The van der Waals surface area contributed by atoms with Crippen LogP contribution in [-0.2, 0) is 16.0 Å². The highest BCUT2D eigenvalue weighted by Gasteiger charge is 2.10. The molecule has 0 aliphatic rings. The van der Waals surface area contributed by atoms with Crippen LogP contribution in [0.25, 0.3) is 0 Å². The molecule has 0 unspecified atom stereocenters. The Morgan fingerprint density at radius 2 is 1.83 bits per heavy atom. The number of carbonyl (C=O) groups is 3. The molecule has 2 aromatic rings. The minimum Gasteiger partial charge on any atom is -0.469 e. The van der Waals surface area contributed by atoms with Crippen molar-refractivity contribution in [1.82, 2.24) is 20.8 Å². The number of aromatic nitrogens is 2. The molecule has 3 N–H and O–H groups in total. The van der Waals surface area contributed by atoms with Crippen molar-refractivity contribution in [3.63, 3.8) is 0 Å². The maximum atomic E-state index is 12.0. The van der Waals surface area contributed by atoms with Gasteiger partial charge < -0.3 is 25.2 Å². The van der Waals surface area contributed by atoms with E-state index in [9.17, 15) is 14.4 Å². The topological polar surface area (TPSA) is 135 Å². The Hall–Kier alpha value is -3.43. The van der Waals surface area contributed by atoms with Crippen LogP contribution in [0.1, 0.15) is 54.7 Å². The first-order valence-corrected chi connectivity index (χ1v) is 9.71. The summed E-state index contributed by atoms with van der Waals surface area (Å²) in [5.74, 6) is 0.746. The first-order valence-electron chi connectivity index (χ1n) is 9.71. The van der Waals surface area contributed by atoms with Gasteiger partial charge in [-0.25, -0.2) is 4.79 Å². The standard InChI is InChI=1S/C20H27N5O5/c1-13(2)18-24-16(30-25-18)5-4-11-22-20(28)23-15-8-6-14(7-9-15)19(27)21-12-10-17(26)29-3/h6-9,13H,4-5,10-12H2,1-3H3,(H,21,27)(H2,22,23,28). The fraction of sp³-hybridized carbons (Fsp3) is 0.450. The molecule has 1 aromatic carbocycles. The third-order valence-corrected chi connectivity index (χ3v) is 4.10. The van der Waals surface area contributed by atoms with E-state index in [1.54, 1.807) is 24.3 Å². The lowest BCUT2D eigenvalue weighted by Crippen LogP contribution is -2.30. The van der Waals surface area contributed by atoms with Crippen molar-refractivity contribution in [3.05, 3.63) is 41.5 Å². The average molecular weight is 417 g/mol. The van der Waals surface area contributed by atoms with Gasteiger partial charge in [0.2, 0.25) is 5.89 Å². The zero-order valence-corrected chi connectivity index (χ0v) is 17.4. The van der Waals surface area contributed by atoms with Crippen molar-refractivity contribution in [2.24, 2.45) is 0 Å². The maximum Gasteiger partial charge on any atom is 0.319 e. The predicted molar refractivity (Wildman–Crippen MR) is 109 cm³/mol. The van der Waals surface area contributed by atoms with Crippen LogP contribution in [0, 0.1) is 0 Å². The summed E-state index contributed by atoms with van der Waals surface area (Å²) in [5.41, 5.74) is 0.975. The molecule has 30 heavy (non-hydrogen) atoms. The van der Waals surface area contributed by atoms with Gasteiger partial charge in [-0.05, 0) is 30.7 Å². The van der Waals surface area contributed by atoms with E-state index < -0.39 is 5.97 Å². The SMILES string of the molecule is COC(=O)CCNC(=O)c1ccc(NC(=O)NCCCc2nc(C(C)C)no2)cc1. The van der Waals surface area contributed by atoms with Gasteiger partial charge in [0.1, 0.15) is 0 Å². The second kappa shape index (κ2) is 11.5. The summed E-state index contributed by atoms with van der Waals surface area (Å²) in [6, 6.07) is 6.08. The molecule has 2 rings (SSSR count). The average Bonchev–Trinajstić information content (AvgIpc) is 3.21. The van der Waals surface area contributed by atoms with Crippen LogP contribution in [0.2, 0.25) is 0 Å². The van der Waals surface area contributed by atoms with Crippen LogP contribution in [0.4, 0.5) is 10.5 Å². The van der Waals surface area contributed by atoms with Crippen molar-refractivity contribution in [3.8, 4) is 0 Å². The van der Waals surface area contributed by atoms with E-state index in [0.717, 1.165) is 0 Å². The molecule has 0 aliphatic heterocycles. The summed E-state index contributed by atoms with van der Waals surface area (Å²) in [4.78, 5) is 39.3. The van der Waals surface area contributed by atoms with Gasteiger partial charge >= 0.3 is 12.0 Å². The van der Waals surface area contributed by atoms with Crippen LogP contribution >= 0.6 is 0 Å². The van der Waals surface area contributed by atoms with Crippen LogP contribution in [0.3, 0.4) is 0 Å². The molecule has 0 bridgehead atoms. The molecular weight excluding hydrogens is 390 g/mol. The molecular formula is C20H27N5O5. The van der Waals surface area contributed by atoms with E-state index in [0.29, 0.717) is 42.4 Å².